The second-order valence-electron chi connectivity index (χ2n) is 4.51. The van der Waals surface area contributed by atoms with Crippen molar-refractivity contribution in [2.45, 2.75) is 31.5 Å². The topological polar surface area (TPSA) is 49.5 Å². The molecule has 0 aliphatic carbocycles. The molecule has 3 N–H and O–H groups in total. The molecule has 1 aromatic rings. The zero-order chi connectivity index (χ0) is 11.4. The molecule has 2 unspecified atom stereocenters. The molecule has 88 valence electrons. The van der Waals surface area contributed by atoms with E-state index in [0.29, 0.717) is 6.04 Å². The first-order valence-corrected chi connectivity index (χ1v) is 5.95. The fourth-order valence-corrected chi connectivity index (χ4v) is 2.47. The van der Waals surface area contributed by atoms with Gasteiger partial charge in [0.2, 0.25) is 0 Å². The number of hydrogen-bond donors (Lipinski definition) is 2. The number of likely N-dealkylation sites (tertiary alicyclic amines) is 1. The number of rotatable bonds is 4. The third-order valence-corrected chi connectivity index (χ3v) is 3.35. The summed E-state index contributed by atoms with van der Waals surface area (Å²) in [5.41, 5.74) is 7.25. The first-order valence-electron chi connectivity index (χ1n) is 5.95. The van der Waals surface area contributed by atoms with Gasteiger partial charge in [0.1, 0.15) is 0 Å². The molecular weight excluding hydrogens is 200 g/mol. The molecule has 0 aromatic heterocycles. The Bertz CT molecular complexity index is 315. The van der Waals surface area contributed by atoms with Crippen molar-refractivity contribution in [3.05, 3.63) is 35.9 Å². The Labute approximate surface area is 96.9 Å². The highest BCUT2D eigenvalue weighted by Crippen LogP contribution is 2.21. The second-order valence-corrected chi connectivity index (χ2v) is 4.51. The van der Waals surface area contributed by atoms with E-state index in [1.54, 1.807) is 0 Å². The maximum Gasteiger partial charge on any atom is 0.0597 e. The van der Waals surface area contributed by atoms with Crippen LogP contribution in [0.2, 0.25) is 0 Å². The molecule has 3 nitrogen and oxygen atoms in total. The van der Waals surface area contributed by atoms with E-state index in [1.807, 2.05) is 6.07 Å². The molecule has 1 aromatic carbocycles. The van der Waals surface area contributed by atoms with E-state index in [4.69, 9.17) is 10.8 Å². The summed E-state index contributed by atoms with van der Waals surface area (Å²) in [5, 5.41) is 9.13. The van der Waals surface area contributed by atoms with Crippen LogP contribution in [0.15, 0.2) is 30.3 Å². The molecule has 1 saturated heterocycles. The van der Waals surface area contributed by atoms with Crippen LogP contribution < -0.4 is 5.73 Å². The van der Waals surface area contributed by atoms with Crippen LogP contribution in [0, 0.1) is 0 Å². The number of aliphatic hydroxyl groups is 1. The number of hydrogen-bond acceptors (Lipinski definition) is 3. The van der Waals surface area contributed by atoms with Gasteiger partial charge in [0.05, 0.1) is 6.61 Å². The Morgan fingerprint density at radius 1 is 1.38 bits per heavy atom. The summed E-state index contributed by atoms with van der Waals surface area (Å²) >= 11 is 0. The van der Waals surface area contributed by atoms with Gasteiger partial charge in [-0.15, -0.1) is 0 Å². The summed E-state index contributed by atoms with van der Waals surface area (Å²) in [6.07, 6.45) is 2.29. The van der Waals surface area contributed by atoms with Gasteiger partial charge in [0.25, 0.3) is 0 Å². The highest BCUT2D eigenvalue weighted by atomic mass is 16.3. The number of nitrogens with zero attached hydrogens (tertiary/aromatic N) is 1. The number of nitrogens with two attached hydrogens (primary N) is 1. The van der Waals surface area contributed by atoms with Crippen LogP contribution in [0.4, 0.5) is 0 Å². The van der Waals surface area contributed by atoms with Gasteiger partial charge in [-0.3, -0.25) is 4.90 Å². The van der Waals surface area contributed by atoms with E-state index in [9.17, 15) is 0 Å². The maximum absolute atomic E-state index is 9.13. The van der Waals surface area contributed by atoms with Crippen LogP contribution in [0.25, 0.3) is 0 Å². The van der Waals surface area contributed by atoms with E-state index >= 15 is 0 Å². The van der Waals surface area contributed by atoms with Crippen molar-refractivity contribution in [1.29, 1.82) is 0 Å². The smallest absolute Gasteiger partial charge is 0.0597 e. The van der Waals surface area contributed by atoms with Crippen LogP contribution in [0.1, 0.15) is 18.4 Å². The summed E-state index contributed by atoms with van der Waals surface area (Å²) in [5.74, 6) is 0. The van der Waals surface area contributed by atoms with Gasteiger partial charge < -0.3 is 10.8 Å². The molecule has 0 radical (unpaired) electrons. The van der Waals surface area contributed by atoms with Crippen molar-refractivity contribution in [3.8, 4) is 0 Å². The zero-order valence-corrected chi connectivity index (χ0v) is 9.55. The SMILES string of the molecule is NC(CO)C1CCCN1Cc1ccccc1. The minimum Gasteiger partial charge on any atom is -0.395 e. The van der Waals surface area contributed by atoms with E-state index < -0.39 is 0 Å². The van der Waals surface area contributed by atoms with Gasteiger partial charge in [-0.25, -0.2) is 0 Å². The lowest BCUT2D eigenvalue weighted by Crippen LogP contribution is -2.45. The quantitative estimate of drug-likeness (QED) is 0.795. The summed E-state index contributed by atoms with van der Waals surface area (Å²) in [6, 6.07) is 10.7. The summed E-state index contributed by atoms with van der Waals surface area (Å²) in [6.45, 7) is 2.11. The summed E-state index contributed by atoms with van der Waals surface area (Å²) in [7, 11) is 0. The van der Waals surface area contributed by atoms with Crippen LogP contribution in [0.3, 0.4) is 0 Å². The van der Waals surface area contributed by atoms with Crippen molar-refractivity contribution in [2.75, 3.05) is 13.2 Å². The highest BCUT2D eigenvalue weighted by Gasteiger charge is 2.28. The normalized spacial score (nSPS) is 23.5. The molecule has 1 aliphatic heterocycles. The van der Waals surface area contributed by atoms with E-state index in [0.717, 1.165) is 19.5 Å². The van der Waals surface area contributed by atoms with E-state index in [2.05, 4.69) is 29.2 Å². The van der Waals surface area contributed by atoms with Crippen molar-refractivity contribution in [2.24, 2.45) is 5.73 Å². The molecule has 16 heavy (non-hydrogen) atoms. The third kappa shape index (κ3) is 2.61. The molecule has 3 heteroatoms. The Morgan fingerprint density at radius 2 is 2.12 bits per heavy atom. The van der Waals surface area contributed by atoms with Crippen LogP contribution in [-0.4, -0.2) is 35.2 Å². The zero-order valence-electron chi connectivity index (χ0n) is 9.55. The van der Waals surface area contributed by atoms with Crippen molar-refractivity contribution in [3.63, 3.8) is 0 Å². The lowest BCUT2D eigenvalue weighted by molar-refractivity contribution is 0.164. The second kappa shape index (κ2) is 5.43. The molecule has 1 aliphatic rings. The lowest BCUT2D eigenvalue weighted by Gasteiger charge is -2.28. The minimum atomic E-state index is -0.105. The third-order valence-electron chi connectivity index (χ3n) is 3.35. The van der Waals surface area contributed by atoms with Gasteiger partial charge in [-0.1, -0.05) is 30.3 Å². The van der Waals surface area contributed by atoms with Crippen LogP contribution >= 0.6 is 0 Å². The molecule has 1 heterocycles. The Hall–Kier alpha value is -0.900. The number of benzene rings is 1. The van der Waals surface area contributed by atoms with Gasteiger partial charge >= 0.3 is 0 Å². The van der Waals surface area contributed by atoms with Crippen molar-refractivity contribution in [1.82, 2.24) is 4.90 Å². The largest absolute Gasteiger partial charge is 0.395 e. The first kappa shape index (κ1) is 11.6. The van der Waals surface area contributed by atoms with Gasteiger partial charge in [0.15, 0.2) is 0 Å². The van der Waals surface area contributed by atoms with Crippen LogP contribution in [0.5, 0.6) is 0 Å². The minimum absolute atomic E-state index is 0.0793. The van der Waals surface area contributed by atoms with E-state index in [-0.39, 0.29) is 12.6 Å². The Kier molecular flexibility index (Phi) is 3.93. The Morgan fingerprint density at radius 3 is 2.81 bits per heavy atom. The predicted molar refractivity (Wildman–Crippen MR) is 64.9 cm³/mol. The highest BCUT2D eigenvalue weighted by molar-refractivity contribution is 5.15. The molecule has 2 rings (SSSR count). The summed E-state index contributed by atoms with van der Waals surface area (Å²) < 4.78 is 0. The fourth-order valence-electron chi connectivity index (χ4n) is 2.47. The monoisotopic (exact) mass is 220 g/mol. The summed E-state index contributed by atoms with van der Waals surface area (Å²) in [4.78, 5) is 2.39. The molecule has 2 atom stereocenters. The van der Waals surface area contributed by atoms with Crippen molar-refractivity contribution < 1.29 is 5.11 Å². The maximum atomic E-state index is 9.13. The fraction of sp³-hybridized carbons (Fsp3) is 0.538. The van der Waals surface area contributed by atoms with E-state index in [1.165, 1.54) is 12.0 Å². The van der Waals surface area contributed by atoms with Crippen LogP contribution in [-0.2, 0) is 6.54 Å². The molecule has 1 fully saturated rings. The van der Waals surface area contributed by atoms with Gasteiger partial charge in [-0.2, -0.15) is 0 Å². The van der Waals surface area contributed by atoms with Gasteiger partial charge in [-0.05, 0) is 24.9 Å². The Balaban J connectivity index is 1.99. The standard InChI is InChI=1S/C13H20N2O/c14-12(10-16)13-7-4-8-15(13)9-11-5-2-1-3-6-11/h1-3,5-6,12-13,16H,4,7-10,14H2. The lowest BCUT2D eigenvalue weighted by atomic mass is 10.1. The molecule has 0 saturated carbocycles. The van der Waals surface area contributed by atoms with Crippen molar-refractivity contribution >= 4 is 0 Å². The molecule has 0 spiro atoms. The molecule has 0 amide bonds. The first-order chi connectivity index (χ1) is 7.81. The average Bonchev–Trinajstić information content (AvgIpc) is 2.77. The molecule has 0 bridgehead atoms. The average molecular weight is 220 g/mol. The van der Waals surface area contributed by atoms with Gasteiger partial charge in [0, 0.05) is 18.6 Å². The number of aliphatic hydroxyl groups excluding tert-OH is 1. The molecular formula is C13H20N2O. The predicted octanol–water partition coefficient (Wildman–Crippen LogP) is 0.971.